The lowest BCUT2D eigenvalue weighted by atomic mass is 10.0. The van der Waals surface area contributed by atoms with Crippen LogP contribution in [0.4, 0.5) is 37.7 Å². The lowest BCUT2D eigenvalue weighted by molar-refractivity contribution is -0.0888. The molecule has 0 N–H and O–H groups in total. The van der Waals surface area contributed by atoms with Gasteiger partial charge in [-0.05, 0) is 56.6 Å². The second kappa shape index (κ2) is 14.6. The molecule has 0 radical (unpaired) electrons. The van der Waals surface area contributed by atoms with Crippen molar-refractivity contribution in [1.82, 2.24) is 9.80 Å². The first kappa shape index (κ1) is 34.4. The average molecular weight is 615 g/mol. The van der Waals surface area contributed by atoms with E-state index in [-0.39, 0.29) is 11.1 Å². The van der Waals surface area contributed by atoms with Gasteiger partial charge in [-0.2, -0.15) is 26.3 Å². The molecule has 0 amide bonds. The number of ketones is 2. The summed E-state index contributed by atoms with van der Waals surface area (Å²) in [7, 11) is 0. The molecule has 0 bridgehead atoms. The van der Waals surface area contributed by atoms with Gasteiger partial charge in [0, 0.05) is 74.9 Å². The highest BCUT2D eigenvalue weighted by Crippen LogP contribution is 2.31. The summed E-state index contributed by atoms with van der Waals surface area (Å²) < 4.78 is 75.8. The zero-order valence-electron chi connectivity index (χ0n) is 25.1. The highest BCUT2D eigenvalue weighted by molar-refractivity contribution is 6.03. The van der Waals surface area contributed by atoms with Crippen LogP contribution < -0.4 is 9.80 Å². The van der Waals surface area contributed by atoms with Gasteiger partial charge < -0.3 is 14.7 Å². The summed E-state index contributed by atoms with van der Waals surface area (Å²) in [6.07, 6.45) is -8.57. The van der Waals surface area contributed by atoms with Crippen molar-refractivity contribution in [1.29, 1.82) is 0 Å². The van der Waals surface area contributed by atoms with Crippen molar-refractivity contribution < 1.29 is 35.9 Å². The van der Waals surface area contributed by atoms with E-state index in [2.05, 4.69) is 33.4 Å². The third-order valence-electron chi connectivity index (χ3n) is 8.03. The number of nitrogens with zero attached hydrogens (tertiary/aromatic N) is 4. The summed E-state index contributed by atoms with van der Waals surface area (Å²) in [6, 6.07) is 9.12. The molecule has 12 heteroatoms. The predicted octanol–water partition coefficient (Wildman–Crippen LogP) is 6.15. The van der Waals surface area contributed by atoms with Crippen LogP contribution in [-0.4, -0.2) is 99.2 Å². The van der Waals surface area contributed by atoms with E-state index in [1.54, 1.807) is 26.0 Å². The minimum atomic E-state index is -4.83. The topological polar surface area (TPSA) is 47.1 Å². The molecule has 2 fully saturated rings. The average Bonchev–Trinajstić information content (AvgIpc) is 2.97. The lowest BCUT2D eigenvalue weighted by Crippen LogP contribution is -2.46. The summed E-state index contributed by atoms with van der Waals surface area (Å²) in [6.45, 7) is 16.0. The first-order valence-electron chi connectivity index (χ1n) is 14.6. The molecule has 0 unspecified atom stereocenters. The minimum absolute atomic E-state index is 0.249. The Hall–Kier alpha value is -3.12. The molecule has 238 valence electrons. The van der Waals surface area contributed by atoms with Gasteiger partial charge in [-0.1, -0.05) is 38.1 Å². The smallest absolute Gasteiger partial charge is 0.369 e. The fourth-order valence-corrected chi connectivity index (χ4v) is 5.56. The number of carbonyl (C=O) groups is 2. The molecular formula is C31H40F6N4O2. The Bertz CT molecular complexity index is 1250. The van der Waals surface area contributed by atoms with E-state index in [0.29, 0.717) is 11.1 Å². The number of alkyl halides is 6. The Labute approximate surface area is 249 Å². The summed E-state index contributed by atoms with van der Waals surface area (Å²) in [5.74, 6) is -3.54. The van der Waals surface area contributed by atoms with Crippen LogP contribution in [0, 0.1) is 13.8 Å². The molecule has 2 aromatic carbocycles. The number of likely N-dealkylation sites (N-methyl/N-ethyl adjacent to an activating group) is 1. The molecule has 4 rings (SSSR count). The molecule has 43 heavy (non-hydrogen) atoms. The van der Waals surface area contributed by atoms with Gasteiger partial charge in [0.25, 0.3) is 11.6 Å². The van der Waals surface area contributed by atoms with E-state index < -0.39 is 23.9 Å². The number of halogens is 6. The number of rotatable bonds is 7. The van der Waals surface area contributed by atoms with E-state index in [0.717, 1.165) is 83.2 Å². The Morgan fingerprint density at radius 2 is 1.00 bits per heavy atom. The van der Waals surface area contributed by atoms with Gasteiger partial charge in [0.2, 0.25) is 0 Å². The van der Waals surface area contributed by atoms with Crippen LogP contribution >= 0.6 is 0 Å². The maximum atomic E-state index is 12.7. The summed E-state index contributed by atoms with van der Waals surface area (Å²) in [5, 5.41) is 0. The second-order valence-electron chi connectivity index (χ2n) is 10.8. The fourth-order valence-electron chi connectivity index (χ4n) is 5.56. The normalized spacial score (nSPS) is 17.0. The Balaban J connectivity index is 0.000000236. The van der Waals surface area contributed by atoms with Crippen molar-refractivity contribution in [3.8, 4) is 0 Å². The number of hydrogen-bond acceptors (Lipinski definition) is 6. The van der Waals surface area contributed by atoms with E-state index >= 15 is 0 Å². The van der Waals surface area contributed by atoms with E-state index in [4.69, 9.17) is 0 Å². The molecule has 0 aromatic heterocycles. The van der Waals surface area contributed by atoms with Crippen molar-refractivity contribution in [2.75, 3.05) is 75.2 Å². The largest absolute Gasteiger partial charge is 0.454 e. The van der Waals surface area contributed by atoms with Crippen molar-refractivity contribution in [2.45, 2.75) is 46.5 Å². The van der Waals surface area contributed by atoms with Crippen LogP contribution in [-0.2, 0) is 0 Å². The van der Waals surface area contributed by atoms with Gasteiger partial charge in [-0.3, -0.25) is 14.5 Å². The van der Waals surface area contributed by atoms with Crippen molar-refractivity contribution in [2.24, 2.45) is 0 Å². The number of anilines is 2. The monoisotopic (exact) mass is 614 g/mol. The number of hydrogen-bond donors (Lipinski definition) is 0. The maximum absolute atomic E-state index is 12.7. The zero-order chi connectivity index (χ0) is 31.9. The Morgan fingerprint density at radius 1 is 0.628 bits per heavy atom. The van der Waals surface area contributed by atoms with E-state index in [9.17, 15) is 35.9 Å². The summed E-state index contributed by atoms with van der Waals surface area (Å²) >= 11 is 0. The van der Waals surface area contributed by atoms with Crippen LogP contribution in [0.25, 0.3) is 0 Å². The molecule has 2 aliphatic heterocycles. The van der Waals surface area contributed by atoms with Crippen molar-refractivity contribution >= 4 is 22.9 Å². The fraction of sp³-hybridized carbons (Fsp3) is 0.548. The second-order valence-corrected chi connectivity index (χ2v) is 10.8. The predicted molar refractivity (Wildman–Crippen MR) is 156 cm³/mol. The van der Waals surface area contributed by atoms with Gasteiger partial charge in [-0.15, -0.1) is 0 Å². The molecule has 0 aliphatic carbocycles. The van der Waals surface area contributed by atoms with Crippen LogP contribution in [0.1, 0.15) is 52.1 Å². The molecule has 0 atom stereocenters. The summed E-state index contributed by atoms with van der Waals surface area (Å²) in [4.78, 5) is 31.7. The third kappa shape index (κ3) is 8.72. The molecule has 0 saturated carbocycles. The maximum Gasteiger partial charge on any atom is 0.454 e. The Morgan fingerprint density at radius 3 is 1.33 bits per heavy atom. The SMILES string of the molecule is CCCN1CCN(c2cccc(C(=O)C(F)(F)F)c2C)CC1.CCN1CCN(c2cccc(C(=O)C(F)(F)F)c2C)CC1. The minimum Gasteiger partial charge on any atom is -0.369 e. The first-order valence-corrected chi connectivity index (χ1v) is 14.6. The quantitative estimate of drug-likeness (QED) is 0.275. The zero-order valence-corrected chi connectivity index (χ0v) is 25.1. The number of piperazine rings is 2. The van der Waals surface area contributed by atoms with E-state index in [1.807, 2.05) is 0 Å². The molecule has 2 saturated heterocycles. The lowest BCUT2D eigenvalue weighted by Gasteiger charge is -2.37. The standard InChI is InChI=1S/C16H21F3N2O.C15H19F3N2O/c1-3-7-20-8-10-21(11-9-20)14-6-4-5-13(12(14)2)15(22)16(17,18)19;1-3-19-7-9-20(10-8-19)13-6-4-5-12(11(13)2)14(21)15(16,17)18/h4-6H,3,7-11H2,1-2H3;4-6H,3,7-10H2,1-2H3. The van der Waals surface area contributed by atoms with Crippen LogP contribution in [0.3, 0.4) is 0 Å². The van der Waals surface area contributed by atoms with Crippen molar-refractivity contribution in [3.05, 3.63) is 58.7 Å². The summed E-state index contributed by atoms with van der Waals surface area (Å²) in [5.41, 5.74) is 1.77. The van der Waals surface area contributed by atoms with Gasteiger partial charge in [0.1, 0.15) is 0 Å². The highest BCUT2D eigenvalue weighted by atomic mass is 19.4. The van der Waals surface area contributed by atoms with E-state index in [1.165, 1.54) is 24.3 Å². The van der Waals surface area contributed by atoms with Gasteiger partial charge in [0.15, 0.2) is 0 Å². The number of Topliss-reactive ketones (excluding diaryl/α,β-unsaturated/α-hetero) is 2. The Kier molecular flexibility index (Phi) is 11.6. The molecule has 0 spiro atoms. The van der Waals surface area contributed by atoms with Crippen molar-refractivity contribution in [3.63, 3.8) is 0 Å². The van der Waals surface area contributed by atoms with Crippen LogP contribution in [0.2, 0.25) is 0 Å². The van der Waals surface area contributed by atoms with Gasteiger partial charge in [0.05, 0.1) is 0 Å². The van der Waals surface area contributed by atoms with Gasteiger partial charge in [-0.25, -0.2) is 0 Å². The highest BCUT2D eigenvalue weighted by Gasteiger charge is 2.41. The molecule has 2 aromatic rings. The molecule has 2 heterocycles. The number of benzene rings is 2. The third-order valence-corrected chi connectivity index (χ3v) is 8.03. The number of carbonyl (C=O) groups excluding carboxylic acids is 2. The molecular weight excluding hydrogens is 574 g/mol. The van der Waals surface area contributed by atoms with Gasteiger partial charge >= 0.3 is 12.4 Å². The first-order chi connectivity index (χ1) is 20.2. The molecule has 2 aliphatic rings. The van der Waals surface area contributed by atoms with Crippen LogP contribution in [0.15, 0.2) is 36.4 Å². The van der Waals surface area contributed by atoms with Crippen LogP contribution in [0.5, 0.6) is 0 Å². The molecule has 6 nitrogen and oxygen atoms in total.